The second kappa shape index (κ2) is 6.70. The zero-order chi connectivity index (χ0) is 12.7. The highest BCUT2D eigenvalue weighted by molar-refractivity contribution is 5.79. The van der Waals surface area contributed by atoms with Gasteiger partial charge in [-0.1, -0.05) is 31.0 Å². The van der Waals surface area contributed by atoms with Gasteiger partial charge in [-0.2, -0.15) is 0 Å². The Balaban J connectivity index is 2.70. The molecule has 0 unspecified atom stereocenters. The lowest BCUT2D eigenvalue weighted by atomic mass is 10.1. The van der Waals surface area contributed by atoms with Crippen LogP contribution >= 0.6 is 0 Å². The summed E-state index contributed by atoms with van der Waals surface area (Å²) in [6.07, 6.45) is 6.10. The lowest BCUT2D eigenvalue weighted by Crippen LogP contribution is -2.33. The Morgan fingerprint density at radius 2 is 2.18 bits per heavy atom. The van der Waals surface area contributed by atoms with Crippen molar-refractivity contribution in [3.8, 4) is 12.3 Å². The van der Waals surface area contributed by atoms with Gasteiger partial charge >= 0.3 is 0 Å². The normalized spacial score (nSPS) is 9.71. The van der Waals surface area contributed by atoms with Crippen LogP contribution in [0.15, 0.2) is 24.3 Å². The molecule has 0 spiro atoms. The highest BCUT2D eigenvalue weighted by atomic mass is 19.1. The molecule has 1 amide bonds. The van der Waals surface area contributed by atoms with E-state index >= 15 is 0 Å². The van der Waals surface area contributed by atoms with E-state index in [9.17, 15) is 9.18 Å². The van der Waals surface area contributed by atoms with Gasteiger partial charge in [0.15, 0.2) is 0 Å². The van der Waals surface area contributed by atoms with E-state index < -0.39 is 0 Å². The number of carbonyl (C=O) groups excluding carboxylic acids is 1. The molecule has 1 rings (SSSR count). The summed E-state index contributed by atoms with van der Waals surface area (Å²) >= 11 is 0. The van der Waals surface area contributed by atoms with Gasteiger partial charge in [0.25, 0.3) is 0 Å². The Morgan fingerprint density at radius 3 is 2.76 bits per heavy atom. The molecule has 0 fully saturated rings. The molecule has 90 valence electrons. The maximum Gasteiger partial charge on any atom is 0.227 e. The average molecular weight is 233 g/mol. The van der Waals surface area contributed by atoms with Gasteiger partial charge in [-0.05, 0) is 18.1 Å². The molecule has 1 aromatic rings. The summed E-state index contributed by atoms with van der Waals surface area (Å²) in [6.45, 7) is 2.86. The fourth-order valence-corrected chi connectivity index (χ4v) is 1.59. The van der Waals surface area contributed by atoms with Gasteiger partial charge < -0.3 is 4.90 Å². The van der Waals surface area contributed by atoms with E-state index in [4.69, 9.17) is 6.42 Å². The third kappa shape index (κ3) is 3.92. The van der Waals surface area contributed by atoms with Crippen molar-refractivity contribution in [3.05, 3.63) is 35.6 Å². The Morgan fingerprint density at radius 1 is 1.47 bits per heavy atom. The number of terminal acetylenes is 1. The molecule has 0 aliphatic heterocycles. The van der Waals surface area contributed by atoms with Gasteiger partial charge in [-0.25, -0.2) is 4.39 Å². The SMILES string of the molecule is C#CCN(CCC)C(=O)Cc1ccccc1F. The second-order valence-corrected chi connectivity index (χ2v) is 3.79. The first kappa shape index (κ1) is 13.2. The largest absolute Gasteiger partial charge is 0.331 e. The molecule has 0 aromatic heterocycles. The highest BCUT2D eigenvalue weighted by Crippen LogP contribution is 2.08. The van der Waals surface area contributed by atoms with Crippen molar-refractivity contribution in [2.24, 2.45) is 0 Å². The minimum absolute atomic E-state index is 0.0638. The first-order chi connectivity index (χ1) is 8.19. The molecule has 0 saturated heterocycles. The topological polar surface area (TPSA) is 20.3 Å². The van der Waals surface area contributed by atoms with E-state index in [1.165, 1.54) is 6.07 Å². The molecule has 17 heavy (non-hydrogen) atoms. The van der Waals surface area contributed by atoms with E-state index in [0.717, 1.165) is 6.42 Å². The molecule has 0 N–H and O–H groups in total. The van der Waals surface area contributed by atoms with Crippen molar-refractivity contribution in [2.45, 2.75) is 19.8 Å². The van der Waals surface area contributed by atoms with E-state index in [1.54, 1.807) is 23.1 Å². The predicted octanol–water partition coefficient (Wildman–Crippen LogP) is 2.24. The standard InChI is InChI=1S/C14H16FNO/c1-3-9-16(10-4-2)14(17)11-12-7-5-6-8-13(12)15/h1,5-8H,4,9-11H2,2H3. The smallest absolute Gasteiger partial charge is 0.227 e. The van der Waals surface area contributed by atoms with Crippen LogP contribution in [0, 0.1) is 18.2 Å². The Labute approximate surface area is 101 Å². The van der Waals surface area contributed by atoms with Gasteiger partial charge in [-0.15, -0.1) is 6.42 Å². The zero-order valence-corrected chi connectivity index (χ0v) is 9.95. The van der Waals surface area contributed by atoms with Crippen molar-refractivity contribution in [1.29, 1.82) is 0 Å². The van der Waals surface area contributed by atoms with Gasteiger partial charge in [0.2, 0.25) is 5.91 Å². The summed E-state index contributed by atoms with van der Waals surface area (Å²) in [5.74, 6) is 1.97. The van der Waals surface area contributed by atoms with Crippen molar-refractivity contribution in [3.63, 3.8) is 0 Å². The fourth-order valence-electron chi connectivity index (χ4n) is 1.59. The molecule has 1 aromatic carbocycles. The highest BCUT2D eigenvalue weighted by Gasteiger charge is 2.13. The molecule has 0 radical (unpaired) electrons. The summed E-state index contributed by atoms with van der Waals surface area (Å²) in [6, 6.07) is 6.30. The van der Waals surface area contributed by atoms with Gasteiger partial charge in [0.05, 0.1) is 13.0 Å². The second-order valence-electron chi connectivity index (χ2n) is 3.79. The van der Waals surface area contributed by atoms with Crippen molar-refractivity contribution >= 4 is 5.91 Å². The minimum atomic E-state index is -0.349. The number of halogens is 1. The van der Waals surface area contributed by atoms with Gasteiger partial charge in [-0.3, -0.25) is 4.79 Å². The molecular weight excluding hydrogens is 217 g/mol. The molecule has 0 saturated carbocycles. The van der Waals surface area contributed by atoms with Gasteiger partial charge in [0.1, 0.15) is 5.82 Å². The number of hydrogen-bond donors (Lipinski definition) is 0. The summed E-state index contributed by atoms with van der Waals surface area (Å²) < 4.78 is 13.4. The number of hydrogen-bond acceptors (Lipinski definition) is 1. The van der Waals surface area contributed by atoms with Crippen LogP contribution < -0.4 is 0 Å². The van der Waals surface area contributed by atoms with Crippen molar-refractivity contribution < 1.29 is 9.18 Å². The molecule has 0 bridgehead atoms. The Kier molecular flexibility index (Phi) is 5.22. The quantitative estimate of drug-likeness (QED) is 0.714. The minimum Gasteiger partial charge on any atom is -0.331 e. The summed E-state index contributed by atoms with van der Waals surface area (Å²) in [4.78, 5) is 13.5. The number of rotatable bonds is 5. The number of nitrogens with zero attached hydrogens (tertiary/aromatic N) is 1. The maximum atomic E-state index is 13.4. The lowest BCUT2D eigenvalue weighted by molar-refractivity contribution is -0.129. The molecule has 3 heteroatoms. The van der Waals surface area contributed by atoms with E-state index in [1.807, 2.05) is 6.92 Å². The maximum absolute atomic E-state index is 13.4. The Hall–Kier alpha value is -1.82. The predicted molar refractivity (Wildman–Crippen MR) is 65.8 cm³/mol. The van der Waals surface area contributed by atoms with E-state index in [2.05, 4.69) is 5.92 Å². The monoisotopic (exact) mass is 233 g/mol. The molecule has 0 heterocycles. The summed E-state index contributed by atoms with van der Waals surface area (Å²) in [5, 5.41) is 0. The number of amides is 1. The number of benzene rings is 1. The molecule has 0 atom stereocenters. The lowest BCUT2D eigenvalue weighted by Gasteiger charge is -2.19. The Bertz CT molecular complexity index is 422. The first-order valence-electron chi connectivity index (χ1n) is 5.63. The van der Waals surface area contributed by atoms with Crippen molar-refractivity contribution in [1.82, 2.24) is 4.90 Å². The third-order valence-corrected chi connectivity index (χ3v) is 2.43. The summed E-state index contributed by atoms with van der Waals surface area (Å²) in [7, 11) is 0. The van der Waals surface area contributed by atoms with Crippen LogP contribution in [0.1, 0.15) is 18.9 Å². The van der Waals surface area contributed by atoms with Crippen LogP contribution in [0.5, 0.6) is 0 Å². The van der Waals surface area contributed by atoms with E-state index in [0.29, 0.717) is 12.1 Å². The van der Waals surface area contributed by atoms with Crippen LogP contribution in [0.25, 0.3) is 0 Å². The van der Waals surface area contributed by atoms with Crippen LogP contribution in [0.4, 0.5) is 4.39 Å². The summed E-state index contributed by atoms with van der Waals surface area (Å²) in [5.41, 5.74) is 0.413. The average Bonchev–Trinajstić information content (AvgIpc) is 2.32. The molecule has 0 aliphatic carbocycles. The molecule has 2 nitrogen and oxygen atoms in total. The van der Waals surface area contributed by atoms with Crippen LogP contribution in [0.3, 0.4) is 0 Å². The van der Waals surface area contributed by atoms with Crippen molar-refractivity contribution in [2.75, 3.05) is 13.1 Å². The fraction of sp³-hybridized carbons (Fsp3) is 0.357. The first-order valence-corrected chi connectivity index (χ1v) is 5.63. The third-order valence-electron chi connectivity index (χ3n) is 2.43. The van der Waals surface area contributed by atoms with Crippen LogP contribution in [0.2, 0.25) is 0 Å². The van der Waals surface area contributed by atoms with Gasteiger partial charge in [0, 0.05) is 6.54 Å². The van der Waals surface area contributed by atoms with Crippen LogP contribution in [-0.4, -0.2) is 23.9 Å². The number of carbonyl (C=O) groups is 1. The van der Waals surface area contributed by atoms with Crippen LogP contribution in [-0.2, 0) is 11.2 Å². The zero-order valence-electron chi connectivity index (χ0n) is 9.95. The van der Waals surface area contributed by atoms with E-state index in [-0.39, 0.29) is 24.7 Å². The molecule has 0 aliphatic rings. The molecular formula is C14H16FNO.